The molecular weight excluding hydrogens is 332 g/mol. The lowest BCUT2D eigenvalue weighted by molar-refractivity contribution is -0.140. The molecular formula is C19H22N4O3. The van der Waals surface area contributed by atoms with E-state index in [9.17, 15) is 9.59 Å². The van der Waals surface area contributed by atoms with Gasteiger partial charge in [0.1, 0.15) is 5.76 Å². The van der Waals surface area contributed by atoms with Gasteiger partial charge in [0, 0.05) is 31.4 Å². The number of amides is 2. The second kappa shape index (κ2) is 6.90. The molecule has 0 aliphatic carbocycles. The van der Waals surface area contributed by atoms with Crippen LogP contribution in [0.25, 0.3) is 0 Å². The highest BCUT2D eigenvalue weighted by Crippen LogP contribution is 2.30. The molecule has 7 heteroatoms. The fraction of sp³-hybridized carbons (Fsp3) is 0.474. The van der Waals surface area contributed by atoms with E-state index in [0.717, 1.165) is 24.2 Å². The lowest BCUT2D eigenvalue weighted by atomic mass is 9.94. The number of pyridine rings is 1. The molecule has 0 radical (unpaired) electrons. The van der Waals surface area contributed by atoms with Crippen molar-refractivity contribution in [3.63, 3.8) is 0 Å². The van der Waals surface area contributed by atoms with Crippen LogP contribution in [-0.2, 0) is 22.6 Å². The Morgan fingerprint density at radius 2 is 2.19 bits per heavy atom. The normalized spacial score (nSPS) is 22.6. The molecule has 26 heavy (non-hydrogen) atoms. The predicted octanol–water partition coefficient (Wildman–Crippen LogP) is 1.57. The number of piperidine rings is 1. The Labute approximate surface area is 152 Å². The van der Waals surface area contributed by atoms with Gasteiger partial charge in [-0.3, -0.25) is 14.6 Å². The van der Waals surface area contributed by atoms with Gasteiger partial charge in [0.25, 0.3) is 0 Å². The van der Waals surface area contributed by atoms with Crippen LogP contribution in [0.15, 0.2) is 35.0 Å². The summed E-state index contributed by atoms with van der Waals surface area (Å²) in [6.45, 7) is 3.39. The average Bonchev–Trinajstić information content (AvgIpc) is 2.87. The van der Waals surface area contributed by atoms with Crippen LogP contribution < -0.4 is 0 Å². The molecule has 0 spiro atoms. The molecule has 0 aromatic carbocycles. The van der Waals surface area contributed by atoms with E-state index >= 15 is 0 Å². The van der Waals surface area contributed by atoms with Crippen molar-refractivity contribution < 1.29 is 14.1 Å². The van der Waals surface area contributed by atoms with Crippen LogP contribution in [0.3, 0.4) is 0 Å². The summed E-state index contributed by atoms with van der Waals surface area (Å²) < 4.78 is 5.16. The predicted molar refractivity (Wildman–Crippen MR) is 92.8 cm³/mol. The fourth-order valence-corrected chi connectivity index (χ4v) is 3.88. The lowest BCUT2D eigenvalue weighted by Gasteiger charge is -2.35. The van der Waals surface area contributed by atoms with Gasteiger partial charge in [0.2, 0.25) is 11.8 Å². The summed E-state index contributed by atoms with van der Waals surface area (Å²) >= 11 is 0. The van der Waals surface area contributed by atoms with E-state index in [1.54, 1.807) is 12.3 Å². The van der Waals surface area contributed by atoms with Crippen LogP contribution in [0, 0.1) is 12.8 Å². The third-order valence-electron chi connectivity index (χ3n) is 5.21. The largest absolute Gasteiger partial charge is 0.361 e. The van der Waals surface area contributed by atoms with Crippen molar-refractivity contribution in [3.05, 3.63) is 47.6 Å². The number of carbonyl (C=O) groups excluding carboxylic acids is 2. The Kier molecular flexibility index (Phi) is 4.44. The number of aryl methyl sites for hydroxylation is 1. The van der Waals surface area contributed by atoms with E-state index in [1.165, 1.54) is 0 Å². The zero-order chi connectivity index (χ0) is 18.1. The molecule has 2 aromatic heterocycles. The molecule has 0 unspecified atom stereocenters. The summed E-state index contributed by atoms with van der Waals surface area (Å²) in [5.74, 6) is 0.571. The minimum Gasteiger partial charge on any atom is -0.361 e. The highest BCUT2D eigenvalue weighted by Gasteiger charge is 2.41. The van der Waals surface area contributed by atoms with Gasteiger partial charge >= 0.3 is 0 Å². The molecule has 3 fully saturated rings. The smallest absolute Gasteiger partial charge is 0.230 e. The Bertz CT molecular complexity index is 804. The first-order valence-corrected chi connectivity index (χ1v) is 9.00. The number of fused-ring (bicyclic) bond motifs is 4. The van der Waals surface area contributed by atoms with Crippen LogP contribution in [0.2, 0.25) is 0 Å². The molecule has 2 amide bonds. The first kappa shape index (κ1) is 16.8. The van der Waals surface area contributed by atoms with Gasteiger partial charge in [-0.15, -0.1) is 0 Å². The summed E-state index contributed by atoms with van der Waals surface area (Å²) in [4.78, 5) is 33.6. The van der Waals surface area contributed by atoms with E-state index in [4.69, 9.17) is 4.52 Å². The minimum atomic E-state index is -0.127. The van der Waals surface area contributed by atoms with E-state index in [-0.39, 0.29) is 30.2 Å². The average molecular weight is 354 g/mol. The standard InChI is InChI=1S/C19H22N4O3/c1-13-8-17(26-21-13)9-18(24)22-10-14-5-6-16(12-22)23(19(14)25)11-15-4-2-3-7-20-15/h2-4,7-8,14,16H,5-6,9-12H2,1H3/t14-,16+/m1/s1. The maximum Gasteiger partial charge on any atom is 0.230 e. The van der Waals surface area contributed by atoms with Gasteiger partial charge in [0.15, 0.2) is 0 Å². The first-order valence-electron chi connectivity index (χ1n) is 9.00. The van der Waals surface area contributed by atoms with Crippen LogP contribution in [0.1, 0.15) is 30.0 Å². The molecule has 2 bridgehead atoms. The van der Waals surface area contributed by atoms with Crippen LogP contribution >= 0.6 is 0 Å². The Hall–Kier alpha value is -2.70. The van der Waals surface area contributed by atoms with Crippen molar-refractivity contribution in [1.82, 2.24) is 19.9 Å². The number of nitrogens with zero attached hydrogens (tertiary/aromatic N) is 4. The van der Waals surface area contributed by atoms with Crippen molar-refractivity contribution in [2.45, 2.75) is 38.8 Å². The molecule has 0 saturated carbocycles. The van der Waals surface area contributed by atoms with Crippen LogP contribution in [0.4, 0.5) is 0 Å². The molecule has 2 aromatic rings. The highest BCUT2D eigenvalue weighted by atomic mass is 16.5. The van der Waals surface area contributed by atoms with Crippen molar-refractivity contribution >= 4 is 11.8 Å². The fourth-order valence-electron chi connectivity index (χ4n) is 3.88. The molecule has 7 nitrogen and oxygen atoms in total. The summed E-state index contributed by atoms with van der Waals surface area (Å²) in [6.07, 6.45) is 3.70. The lowest BCUT2D eigenvalue weighted by Crippen LogP contribution is -2.47. The molecule has 3 aliphatic rings. The van der Waals surface area contributed by atoms with Gasteiger partial charge < -0.3 is 14.3 Å². The van der Waals surface area contributed by atoms with Crippen molar-refractivity contribution in [1.29, 1.82) is 0 Å². The second-order valence-electron chi connectivity index (χ2n) is 7.13. The first-order chi connectivity index (χ1) is 12.6. The third kappa shape index (κ3) is 3.34. The monoisotopic (exact) mass is 354 g/mol. The van der Waals surface area contributed by atoms with Gasteiger partial charge in [-0.2, -0.15) is 0 Å². The van der Waals surface area contributed by atoms with Crippen molar-refractivity contribution in [3.8, 4) is 0 Å². The molecule has 136 valence electrons. The maximum absolute atomic E-state index is 12.9. The third-order valence-corrected chi connectivity index (χ3v) is 5.21. The quantitative estimate of drug-likeness (QED) is 0.833. The van der Waals surface area contributed by atoms with E-state index in [2.05, 4.69) is 10.1 Å². The number of aromatic nitrogens is 2. The molecule has 2 atom stereocenters. The van der Waals surface area contributed by atoms with Gasteiger partial charge in [0.05, 0.1) is 30.3 Å². The van der Waals surface area contributed by atoms with E-state index < -0.39 is 0 Å². The maximum atomic E-state index is 12.9. The van der Waals surface area contributed by atoms with E-state index in [1.807, 2.05) is 34.9 Å². The minimum absolute atomic E-state index is 0.00876. The van der Waals surface area contributed by atoms with E-state index in [0.29, 0.717) is 25.4 Å². The Balaban J connectivity index is 1.48. The molecule has 5 rings (SSSR count). The highest BCUT2D eigenvalue weighted by molar-refractivity contribution is 5.83. The molecule has 3 aliphatic heterocycles. The van der Waals surface area contributed by atoms with Gasteiger partial charge in [-0.05, 0) is 31.9 Å². The number of hydrogen-bond acceptors (Lipinski definition) is 5. The number of rotatable bonds is 4. The summed E-state index contributed by atoms with van der Waals surface area (Å²) in [5, 5.41) is 3.83. The van der Waals surface area contributed by atoms with Crippen molar-refractivity contribution in [2.75, 3.05) is 13.1 Å². The summed E-state index contributed by atoms with van der Waals surface area (Å²) in [6, 6.07) is 7.55. The topological polar surface area (TPSA) is 79.5 Å². The summed E-state index contributed by atoms with van der Waals surface area (Å²) in [7, 11) is 0. The molecule has 0 N–H and O–H groups in total. The second-order valence-corrected chi connectivity index (χ2v) is 7.13. The Morgan fingerprint density at radius 3 is 2.92 bits per heavy atom. The zero-order valence-electron chi connectivity index (χ0n) is 14.8. The van der Waals surface area contributed by atoms with Gasteiger partial charge in [-0.1, -0.05) is 11.2 Å². The molecule has 3 saturated heterocycles. The Morgan fingerprint density at radius 1 is 1.31 bits per heavy atom. The summed E-state index contributed by atoms with van der Waals surface area (Å²) in [5.41, 5.74) is 1.64. The number of carbonyl (C=O) groups is 2. The van der Waals surface area contributed by atoms with Crippen LogP contribution in [0.5, 0.6) is 0 Å². The van der Waals surface area contributed by atoms with Crippen molar-refractivity contribution in [2.24, 2.45) is 5.92 Å². The SMILES string of the molecule is Cc1cc(CC(=O)N2C[C@H]3CC[C@@H](C2)N(Cc2ccccn2)C3=O)on1. The van der Waals surface area contributed by atoms with Crippen LogP contribution in [-0.4, -0.2) is 50.9 Å². The zero-order valence-corrected chi connectivity index (χ0v) is 14.8. The van der Waals surface area contributed by atoms with Gasteiger partial charge in [-0.25, -0.2) is 0 Å². The molecule has 5 heterocycles. The number of hydrogen-bond donors (Lipinski definition) is 0.